The minimum absolute atomic E-state index is 0.0537. The number of β-amino-alcohol motifs (C(OH)–C–C–N with tert-alkyl or cyclic N) is 1. The molecule has 13 heavy (non-hydrogen) atoms. The molecule has 0 bridgehead atoms. The van der Waals surface area contributed by atoms with E-state index in [1.165, 1.54) is 0 Å². The van der Waals surface area contributed by atoms with Crippen molar-refractivity contribution in [3.63, 3.8) is 0 Å². The Labute approximate surface area is 79.6 Å². The van der Waals surface area contributed by atoms with Gasteiger partial charge in [-0.05, 0) is 12.8 Å². The van der Waals surface area contributed by atoms with Crippen LogP contribution in [-0.4, -0.2) is 46.7 Å². The summed E-state index contributed by atoms with van der Waals surface area (Å²) in [5.74, 6) is 0. The zero-order valence-electron chi connectivity index (χ0n) is 8.45. The molecule has 0 saturated carbocycles. The first-order valence-corrected chi connectivity index (χ1v) is 4.79. The Morgan fingerprint density at radius 3 is 2.08 bits per heavy atom. The van der Waals surface area contributed by atoms with Crippen molar-refractivity contribution in [1.82, 2.24) is 5.32 Å². The van der Waals surface area contributed by atoms with Crippen LogP contribution in [0.5, 0.6) is 0 Å². The molecule has 0 aliphatic carbocycles. The van der Waals surface area contributed by atoms with Crippen LogP contribution in [0.15, 0.2) is 0 Å². The molecule has 0 heterocycles. The van der Waals surface area contributed by atoms with Crippen LogP contribution >= 0.6 is 0 Å². The van der Waals surface area contributed by atoms with Crippen molar-refractivity contribution in [2.24, 2.45) is 0 Å². The number of aliphatic hydroxyl groups is 3. The lowest BCUT2D eigenvalue weighted by molar-refractivity contribution is 0.0730. The number of rotatable bonds is 7. The standard InChI is InChI=1S/C9H21NO3/c1-3-9(4-2,7-12)10-5-8(13)6-11/h8,10-13H,3-7H2,1-2H3/t8-/m0/s1. The van der Waals surface area contributed by atoms with Crippen molar-refractivity contribution in [3.8, 4) is 0 Å². The van der Waals surface area contributed by atoms with E-state index in [2.05, 4.69) is 5.32 Å². The smallest absolute Gasteiger partial charge is 0.0895 e. The number of aliphatic hydroxyl groups excluding tert-OH is 3. The van der Waals surface area contributed by atoms with Gasteiger partial charge in [0, 0.05) is 12.1 Å². The molecule has 1 atom stereocenters. The number of hydrogen-bond donors (Lipinski definition) is 4. The molecule has 0 aromatic heterocycles. The molecule has 0 amide bonds. The fourth-order valence-electron chi connectivity index (χ4n) is 1.18. The number of nitrogens with one attached hydrogen (secondary N) is 1. The predicted octanol–water partition coefficient (Wildman–Crippen LogP) is -0.520. The molecule has 0 spiro atoms. The highest BCUT2D eigenvalue weighted by Gasteiger charge is 2.24. The summed E-state index contributed by atoms with van der Waals surface area (Å²) in [6, 6.07) is 0. The van der Waals surface area contributed by atoms with Crippen molar-refractivity contribution in [2.75, 3.05) is 19.8 Å². The van der Waals surface area contributed by atoms with E-state index in [1.54, 1.807) is 0 Å². The minimum Gasteiger partial charge on any atom is -0.394 e. The van der Waals surface area contributed by atoms with E-state index in [1.807, 2.05) is 13.8 Å². The largest absolute Gasteiger partial charge is 0.394 e. The summed E-state index contributed by atoms with van der Waals surface area (Å²) in [6.45, 7) is 4.09. The van der Waals surface area contributed by atoms with Gasteiger partial charge in [0.15, 0.2) is 0 Å². The first-order valence-electron chi connectivity index (χ1n) is 4.79. The van der Waals surface area contributed by atoms with Crippen molar-refractivity contribution < 1.29 is 15.3 Å². The molecule has 4 nitrogen and oxygen atoms in total. The van der Waals surface area contributed by atoms with Gasteiger partial charge in [0.25, 0.3) is 0 Å². The monoisotopic (exact) mass is 191 g/mol. The minimum atomic E-state index is -0.746. The molecule has 0 fully saturated rings. The molecule has 0 unspecified atom stereocenters. The third-order valence-electron chi connectivity index (χ3n) is 2.58. The van der Waals surface area contributed by atoms with Gasteiger partial charge in [-0.3, -0.25) is 0 Å². The third kappa shape index (κ3) is 4.04. The molecule has 0 rings (SSSR count). The summed E-state index contributed by atoms with van der Waals surface area (Å²) >= 11 is 0. The molecule has 0 aromatic rings. The Kier molecular flexibility index (Phi) is 6.24. The van der Waals surface area contributed by atoms with Gasteiger partial charge in [0.2, 0.25) is 0 Å². The van der Waals surface area contributed by atoms with Crippen molar-refractivity contribution in [3.05, 3.63) is 0 Å². The Balaban J connectivity index is 3.95. The summed E-state index contributed by atoms with van der Waals surface area (Å²) < 4.78 is 0. The first kappa shape index (κ1) is 12.8. The molecule has 0 aromatic carbocycles. The van der Waals surface area contributed by atoms with Crippen LogP contribution < -0.4 is 5.32 Å². The second-order valence-corrected chi connectivity index (χ2v) is 3.36. The second-order valence-electron chi connectivity index (χ2n) is 3.36. The van der Waals surface area contributed by atoms with Crippen LogP contribution in [0.25, 0.3) is 0 Å². The van der Waals surface area contributed by atoms with Crippen LogP contribution in [0.2, 0.25) is 0 Å². The van der Waals surface area contributed by atoms with E-state index in [0.717, 1.165) is 12.8 Å². The van der Waals surface area contributed by atoms with Crippen molar-refractivity contribution >= 4 is 0 Å². The fraction of sp³-hybridized carbons (Fsp3) is 1.00. The molecule has 0 aliphatic heterocycles. The zero-order chi connectivity index (χ0) is 10.3. The van der Waals surface area contributed by atoms with Crippen LogP contribution in [-0.2, 0) is 0 Å². The molecular formula is C9H21NO3. The van der Waals surface area contributed by atoms with Crippen LogP contribution in [0, 0.1) is 0 Å². The van der Waals surface area contributed by atoms with Gasteiger partial charge < -0.3 is 20.6 Å². The maximum absolute atomic E-state index is 9.16. The highest BCUT2D eigenvalue weighted by Crippen LogP contribution is 2.13. The summed E-state index contributed by atoms with van der Waals surface area (Å²) in [4.78, 5) is 0. The van der Waals surface area contributed by atoms with E-state index in [0.29, 0.717) is 6.54 Å². The maximum Gasteiger partial charge on any atom is 0.0895 e. The SMILES string of the molecule is CCC(CC)(CO)NC[C@H](O)CO. The maximum atomic E-state index is 9.16. The molecule has 80 valence electrons. The van der Waals surface area contributed by atoms with Gasteiger partial charge in [-0.25, -0.2) is 0 Å². The molecular weight excluding hydrogens is 170 g/mol. The Hall–Kier alpha value is -0.160. The van der Waals surface area contributed by atoms with Crippen LogP contribution in [0.4, 0.5) is 0 Å². The Morgan fingerprint density at radius 2 is 1.77 bits per heavy atom. The molecule has 0 saturated heterocycles. The van der Waals surface area contributed by atoms with E-state index >= 15 is 0 Å². The lowest BCUT2D eigenvalue weighted by atomic mass is 9.94. The lowest BCUT2D eigenvalue weighted by Crippen LogP contribution is -2.50. The van der Waals surface area contributed by atoms with Gasteiger partial charge in [-0.1, -0.05) is 13.8 Å². The van der Waals surface area contributed by atoms with Gasteiger partial charge in [-0.2, -0.15) is 0 Å². The fourth-order valence-corrected chi connectivity index (χ4v) is 1.18. The third-order valence-corrected chi connectivity index (χ3v) is 2.58. The quantitative estimate of drug-likeness (QED) is 0.437. The molecule has 4 N–H and O–H groups in total. The molecule has 0 aliphatic rings. The van der Waals surface area contributed by atoms with Gasteiger partial charge in [-0.15, -0.1) is 0 Å². The van der Waals surface area contributed by atoms with Gasteiger partial charge in [0.05, 0.1) is 19.3 Å². The zero-order valence-corrected chi connectivity index (χ0v) is 8.45. The lowest BCUT2D eigenvalue weighted by Gasteiger charge is -2.31. The highest BCUT2D eigenvalue weighted by molar-refractivity contribution is 4.85. The average Bonchev–Trinajstić information content (AvgIpc) is 2.20. The van der Waals surface area contributed by atoms with Crippen LogP contribution in [0.3, 0.4) is 0 Å². The van der Waals surface area contributed by atoms with E-state index in [-0.39, 0.29) is 18.8 Å². The predicted molar refractivity (Wildman–Crippen MR) is 51.5 cm³/mol. The van der Waals surface area contributed by atoms with Gasteiger partial charge >= 0.3 is 0 Å². The van der Waals surface area contributed by atoms with Crippen molar-refractivity contribution in [1.29, 1.82) is 0 Å². The van der Waals surface area contributed by atoms with Crippen molar-refractivity contribution in [2.45, 2.75) is 38.3 Å². The average molecular weight is 191 g/mol. The first-order chi connectivity index (χ1) is 6.14. The number of hydrogen-bond acceptors (Lipinski definition) is 4. The van der Waals surface area contributed by atoms with Gasteiger partial charge in [0.1, 0.15) is 0 Å². The Bertz CT molecular complexity index is 118. The summed E-state index contributed by atoms with van der Waals surface area (Å²) in [6.07, 6.45) is 0.861. The summed E-state index contributed by atoms with van der Waals surface area (Å²) in [5.41, 5.74) is -0.309. The highest BCUT2D eigenvalue weighted by atomic mass is 16.3. The van der Waals surface area contributed by atoms with E-state index in [9.17, 15) is 0 Å². The molecule has 0 radical (unpaired) electrons. The normalized spacial score (nSPS) is 14.5. The summed E-state index contributed by atoms with van der Waals surface area (Å²) in [7, 11) is 0. The van der Waals surface area contributed by atoms with E-state index < -0.39 is 6.10 Å². The molecule has 4 heteroatoms. The summed E-state index contributed by atoms with van der Waals surface area (Å²) in [5, 5.41) is 29.9. The topological polar surface area (TPSA) is 72.7 Å². The Morgan fingerprint density at radius 1 is 1.23 bits per heavy atom. The second kappa shape index (κ2) is 6.32. The van der Waals surface area contributed by atoms with E-state index in [4.69, 9.17) is 15.3 Å². The van der Waals surface area contributed by atoms with Crippen LogP contribution in [0.1, 0.15) is 26.7 Å².